The van der Waals surface area contributed by atoms with E-state index >= 15 is 0 Å². The Morgan fingerprint density at radius 3 is 2.55 bits per heavy atom. The van der Waals surface area contributed by atoms with Gasteiger partial charge in [0, 0.05) is 0 Å². The van der Waals surface area contributed by atoms with Crippen molar-refractivity contribution in [1.29, 1.82) is 0 Å². The quantitative estimate of drug-likeness (QED) is 0.557. The zero-order valence-electron chi connectivity index (χ0n) is 6.34. The summed E-state index contributed by atoms with van der Waals surface area (Å²) in [5.74, 6) is -0.396. The number of carbonyl (C=O) groups is 1. The molecule has 1 N–H and O–H groups in total. The van der Waals surface area contributed by atoms with Crippen molar-refractivity contribution in [2.24, 2.45) is 0 Å². The lowest BCUT2D eigenvalue weighted by atomic mass is 9.78. The molecule has 1 unspecified atom stereocenters. The molecule has 0 heterocycles. The largest absolute Gasteiger partial charge is 0.468 e. The van der Waals surface area contributed by atoms with Gasteiger partial charge in [-0.15, -0.1) is 0 Å². The normalized spacial score (nSPS) is 23.5. The Morgan fingerprint density at radius 1 is 1.73 bits per heavy atom. The molecule has 0 aliphatic heterocycles. The number of esters is 1. The molecule has 0 spiro atoms. The number of aliphatic hydroxyl groups is 1. The van der Waals surface area contributed by atoms with E-state index in [0.717, 1.165) is 6.42 Å². The maximum atomic E-state index is 10.9. The molecular weight excluding hydrogens is 212 g/mol. The molecular formula is C7H11BrO3. The summed E-state index contributed by atoms with van der Waals surface area (Å²) in [4.78, 5) is 10.4. The van der Waals surface area contributed by atoms with E-state index in [-0.39, 0.29) is 0 Å². The lowest BCUT2D eigenvalue weighted by Gasteiger charge is -2.38. The van der Waals surface area contributed by atoms with Crippen LogP contribution in [-0.2, 0) is 9.53 Å². The van der Waals surface area contributed by atoms with Gasteiger partial charge in [-0.05, 0) is 19.3 Å². The summed E-state index contributed by atoms with van der Waals surface area (Å²) in [5.41, 5.74) is -0.854. The second-order valence-electron chi connectivity index (χ2n) is 2.84. The Bertz CT molecular complexity index is 165. The van der Waals surface area contributed by atoms with Crippen LogP contribution in [0.25, 0.3) is 0 Å². The molecule has 1 fully saturated rings. The van der Waals surface area contributed by atoms with Crippen LogP contribution in [0.3, 0.4) is 0 Å². The topological polar surface area (TPSA) is 46.5 Å². The first kappa shape index (κ1) is 9.00. The predicted molar refractivity (Wildman–Crippen MR) is 43.5 cm³/mol. The van der Waals surface area contributed by atoms with Crippen LogP contribution >= 0.6 is 15.9 Å². The molecule has 0 aromatic carbocycles. The monoisotopic (exact) mass is 222 g/mol. The summed E-state index contributed by atoms with van der Waals surface area (Å²) in [5, 5.41) is 9.63. The highest BCUT2D eigenvalue weighted by Crippen LogP contribution is 2.38. The molecule has 11 heavy (non-hydrogen) atoms. The van der Waals surface area contributed by atoms with Gasteiger partial charge in [-0.3, -0.25) is 4.79 Å². The Labute approximate surface area is 73.9 Å². The van der Waals surface area contributed by atoms with E-state index in [9.17, 15) is 9.90 Å². The number of ether oxygens (including phenoxy) is 1. The maximum Gasteiger partial charge on any atom is 0.322 e. The minimum atomic E-state index is -0.854. The summed E-state index contributed by atoms with van der Waals surface area (Å²) in [6.45, 7) is 0. The van der Waals surface area contributed by atoms with Crippen LogP contribution in [0.5, 0.6) is 0 Å². The van der Waals surface area contributed by atoms with E-state index in [1.807, 2.05) is 0 Å². The van der Waals surface area contributed by atoms with E-state index in [4.69, 9.17) is 0 Å². The van der Waals surface area contributed by atoms with Crippen molar-refractivity contribution in [2.75, 3.05) is 7.11 Å². The standard InChI is InChI=1S/C7H11BrO3/c1-11-6(9)5(8)7(10)3-2-4-7/h5,10H,2-4H2,1H3. The average Bonchev–Trinajstić information content (AvgIpc) is 1.97. The Kier molecular flexibility index (Phi) is 2.54. The third-order valence-electron chi connectivity index (χ3n) is 2.10. The van der Waals surface area contributed by atoms with Crippen LogP contribution in [0.2, 0.25) is 0 Å². The molecule has 1 saturated carbocycles. The van der Waals surface area contributed by atoms with Crippen molar-refractivity contribution in [3.05, 3.63) is 0 Å². The number of alkyl halides is 1. The number of halogens is 1. The van der Waals surface area contributed by atoms with E-state index in [2.05, 4.69) is 20.7 Å². The summed E-state index contributed by atoms with van der Waals surface area (Å²) in [6.07, 6.45) is 2.34. The van der Waals surface area contributed by atoms with Crippen molar-refractivity contribution in [3.63, 3.8) is 0 Å². The molecule has 0 radical (unpaired) electrons. The molecule has 1 aliphatic rings. The lowest BCUT2D eigenvalue weighted by molar-refractivity contribution is -0.148. The Hall–Kier alpha value is -0.0900. The summed E-state index contributed by atoms with van der Waals surface area (Å²) in [6, 6.07) is 0. The SMILES string of the molecule is COC(=O)C(Br)C1(O)CCC1. The molecule has 0 saturated heterocycles. The fraction of sp³-hybridized carbons (Fsp3) is 0.857. The number of carbonyl (C=O) groups excluding carboxylic acids is 1. The zero-order valence-corrected chi connectivity index (χ0v) is 7.93. The van der Waals surface area contributed by atoms with Gasteiger partial charge >= 0.3 is 5.97 Å². The average molecular weight is 223 g/mol. The fourth-order valence-electron chi connectivity index (χ4n) is 1.12. The van der Waals surface area contributed by atoms with Gasteiger partial charge in [0.1, 0.15) is 4.83 Å². The van der Waals surface area contributed by atoms with Gasteiger partial charge in [-0.25, -0.2) is 0 Å². The lowest BCUT2D eigenvalue weighted by Crippen LogP contribution is -2.49. The van der Waals surface area contributed by atoms with Crippen LogP contribution in [0.15, 0.2) is 0 Å². The molecule has 0 aromatic heterocycles. The molecule has 1 rings (SSSR count). The van der Waals surface area contributed by atoms with Crippen molar-refractivity contribution in [3.8, 4) is 0 Å². The number of hydrogen-bond acceptors (Lipinski definition) is 3. The number of hydrogen-bond donors (Lipinski definition) is 1. The second-order valence-corrected chi connectivity index (χ2v) is 3.76. The van der Waals surface area contributed by atoms with Crippen LogP contribution in [0.1, 0.15) is 19.3 Å². The first-order valence-corrected chi connectivity index (χ1v) is 4.46. The van der Waals surface area contributed by atoms with Crippen molar-refractivity contribution in [1.82, 2.24) is 0 Å². The third kappa shape index (κ3) is 1.56. The zero-order chi connectivity index (χ0) is 8.48. The van der Waals surface area contributed by atoms with Gasteiger partial charge in [0.15, 0.2) is 0 Å². The first-order valence-electron chi connectivity index (χ1n) is 3.54. The van der Waals surface area contributed by atoms with Crippen LogP contribution < -0.4 is 0 Å². The van der Waals surface area contributed by atoms with Gasteiger partial charge < -0.3 is 9.84 Å². The van der Waals surface area contributed by atoms with E-state index < -0.39 is 16.4 Å². The van der Waals surface area contributed by atoms with Crippen molar-refractivity contribution < 1.29 is 14.6 Å². The molecule has 4 heteroatoms. The summed E-state index contributed by atoms with van der Waals surface area (Å²) in [7, 11) is 1.32. The van der Waals surface area contributed by atoms with Crippen molar-refractivity contribution in [2.45, 2.75) is 29.7 Å². The maximum absolute atomic E-state index is 10.9. The number of methoxy groups -OCH3 is 1. The predicted octanol–water partition coefficient (Wildman–Crippen LogP) is 0.838. The van der Waals surface area contributed by atoms with E-state index in [1.54, 1.807) is 0 Å². The van der Waals surface area contributed by atoms with Crippen LogP contribution in [0.4, 0.5) is 0 Å². The molecule has 0 amide bonds. The van der Waals surface area contributed by atoms with E-state index in [1.165, 1.54) is 7.11 Å². The number of rotatable bonds is 2. The second kappa shape index (κ2) is 3.11. The molecule has 1 atom stereocenters. The van der Waals surface area contributed by atoms with E-state index in [0.29, 0.717) is 12.8 Å². The smallest absolute Gasteiger partial charge is 0.322 e. The molecule has 3 nitrogen and oxygen atoms in total. The fourth-order valence-corrected chi connectivity index (χ4v) is 1.76. The molecule has 64 valence electrons. The molecule has 0 aromatic rings. The highest BCUT2D eigenvalue weighted by molar-refractivity contribution is 9.10. The highest BCUT2D eigenvalue weighted by atomic mass is 79.9. The minimum absolute atomic E-state index is 0.396. The molecule has 1 aliphatic carbocycles. The van der Waals surface area contributed by atoms with Gasteiger partial charge in [0.05, 0.1) is 12.7 Å². The minimum Gasteiger partial charge on any atom is -0.468 e. The third-order valence-corrected chi connectivity index (χ3v) is 3.33. The highest BCUT2D eigenvalue weighted by Gasteiger charge is 2.45. The van der Waals surface area contributed by atoms with Crippen LogP contribution in [0, 0.1) is 0 Å². The van der Waals surface area contributed by atoms with Crippen LogP contribution in [-0.4, -0.2) is 28.6 Å². The van der Waals surface area contributed by atoms with Gasteiger partial charge in [-0.1, -0.05) is 15.9 Å². The summed E-state index contributed by atoms with van der Waals surface area (Å²) < 4.78 is 4.49. The van der Waals surface area contributed by atoms with Gasteiger partial charge in [0.25, 0.3) is 0 Å². The Balaban J connectivity index is 2.52. The van der Waals surface area contributed by atoms with Crippen molar-refractivity contribution >= 4 is 21.9 Å². The molecule has 0 bridgehead atoms. The first-order chi connectivity index (χ1) is 5.10. The van der Waals surface area contributed by atoms with Gasteiger partial charge in [-0.2, -0.15) is 0 Å². The summed E-state index contributed by atoms with van der Waals surface area (Å²) >= 11 is 3.11. The Morgan fingerprint density at radius 2 is 2.27 bits per heavy atom. The van der Waals surface area contributed by atoms with Gasteiger partial charge in [0.2, 0.25) is 0 Å².